The number of carbonyl (C=O) groups is 2. The Bertz CT molecular complexity index is 850. The van der Waals surface area contributed by atoms with Gasteiger partial charge in [0, 0.05) is 5.02 Å². The summed E-state index contributed by atoms with van der Waals surface area (Å²) in [7, 11) is 0. The molecule has 2 aromatic carbocycles. The Morgan fingerprint density at radius 3 is 2.42 bits per heavy atom. The van der Waals surface area contributed by atoms with Crippen LogP contribution in [0.4, 0.5) is 5.69 Å². The van der Waals surface area contributed by atoms with Gasteiger partial charge in [-0.3, -0.25) is 14.5 Å². The minimum atomic E-state index is -0.588. The fraction of sp³-hybridized carbons (Fsp3) is 0.0588. The van der Waals surface area contributed by atoms with E-state index in [1.54, 1.807) is 0 Å². The van der Waals surface area contributed by atoms with Gasteiger partial charge in [0.2, 0.25) is 0 Å². The Balaban J connectivity index is 1.85. The molecule has 0 unspecified atom stereocenters. The molecule has 24 heavy (non-hydrogen) atoms. The van der Waals surface area contributed by atoms with Gasteiger partial charge < -0.3 is 10.4 Å². The molecule has 2 N–H and O–H groups in total. The molecule has 2 aromatic rings. The number of imide groups is 1. The quantitative estimate of drug-likeness (QED) is 0.645. The summed E-state index contributed by atoms with van der Waals surface area (Å²) in [5.41, 5.74) is 0.907. The van der Waals surface area contributed by atoms with Crippen LogP contribution >= 0.6 is 23.2 Å². The zero-order valence-electron chi connectivity index (χ0n) is 12.3. The van der Waals surface area contributed by atoms with Gasteiger partial charge in [0.15, 0.2) is 0 Å². The van der Waals surface area contributed by atoms with Gasteiger partial charge in [-0.2, -0.15) is 0 Å². The predicted molar refractivity (Wildman–Crippen MR) is 91.6 cm³/mol. The van der Waals surface area contributed by atoms with Gasteiger partial charge in [-0.1, -0.05) is 53.5 Å². The third-order valence-corrected chi connectivity index (χ3v) is 4.10. The maximum absolute atomic E-state index is 12.5. The Labute approximate surface area is 148 Å². The zero-order chi connectivity index (χ0) is 17.3. The van der Waals surface area contributed by atoms with Crippen molar-refractivity contribution in [2.75, 3.05) is 5.32 Å². The summed E-state index contributed by atoms with van der Waals surface area (Å²) in [6, 6.07) is 13.4. The lowest BCUT2D eigenvalue weighted by Gasteiger charge is -2.15. The number of carbonyl (C=O) groups excluding carboxylic acids is 2. The molecule has 1 aliphatic rings. The molecule has 0 saturated heterocycles. The second kappa shape index (κ2) is 6.55. The van der Waals surface area contributed by atoms with E-state index in [9.17, 15) is 14.7 Å². The molecule has 0 aliphatic carbocycles. The molecule has 1 aliphatic heterocycles. The van der Waals surface area contributed by atoms with Crippen LogP contribution < -0.4 is 5.32 Å². The summed E-state index contributed by atoms with van der Waals surface area (Å²) in [6.07, 6.45) is 0. The molecule has 122 valence electrons. The molecule has 0 saturated carbocycles. The van der Waals surface area contributed by atoms with Crippen LogP contribution in [0.3, 0.4) is 0 Å². The molecule has 7 heteroatoms. The summed E-state index contributed by atoms with van der Waals surface area (Å²) in [5.74, 6) is -1.26. The number of hydrogen-bond donors (Lipinski definition) is 2. The number of halogens is 2. The topological polar surface area (TPSA) is 69.6 Å². The van der Waals surface area contributed by atoms with Crippen LogP contribution in [0.2, 0.25) is 5.02 Å². The molecular weight excluding hydrogens is 351 g/mol. The van der Waals surface area contributed by atoms with E-state index in [1.165, 1.54) is 18.2 Å². The first-order valence-corrected chi connectivity index (χ1v) is 7.78. The molecule has 1 heterocycles. The van der Waals surface area contributed by atoms with Gasteiger partial charge in [0.1, 0.15) is 16.5 Å². The third kappa shape index (κ3) is 3.09. The molecule has 5 nitrogen and oxygen atoms in total. The van der Waals surface area contributed by atoms with Gasteiger partial charge in [0.05, 0.1) is 12.2 Å². The fourth-order valence-corrected chi connectivity index (χ4v) is 2.71. The van der Waals surface area contributed by atoms with Crippen LogP contribution in [0.25, 0.3) is 0 Å². The Hall–Kier alpha value is -2.50. The van der Waals surface area contributed by atoms with Gasteiger partial charge in [0.25, 0.3) is 11.8 Å². The van der Waals surface area contributed by atoms with E-state index in [2.05, 4.69) is 5.32 Å². The number of phenols is 1. The first-order valence-electron chi connectivity index (χ1n) is 7.03. The van der Waals surface area contributed by atoms with E-state index in [-0.39, 0.29) is 28.7 Å². The van der Waals surface area contributed by atoms with Gasteiger partial charge in [-0.25, -0.2) is 0 Å². The maximum atomic E-state index is 12.5. The minimum Gasteiger partial charge on any atom is -0.506 e. The van der Waals surface area contributed by atoms with Crippen molar-refractivity contribution in [1.29, 1.82) is 0 Å². The second-order valence-corrected chi connectivity index (χ2v) is 5.97. The number of amides is 2. The number of hydrogen-bond acceptors (Lipinski definition) is 4. The summed E-state index contributed by atoms with van der Waals surface area (Å²) in [4.78, 5) is 25.8. The van der Waals surface area contributed by atoms with E-state index >= 15 is 0 Å². The van der Waals surface area contributed by atoms with E-state index in [1.807, 2.05) is 30.3 Å². The Morgan fingerprint density at radius 2 is 1.71 bits per heavy atom. The SMILES string of the molecule is O=C1C(Cl)=C(Nc2cc(Cl)ccc2O)C(=O)N1Cc1ccccc1. The van der Waals surface area contributed by atoms with Crippen molar-refractivity contribution in [2.45, 2.75) is 6.54 Å². The Morgan fingerprint density at radius 1 is 1.00 bits per heavy atom. The van der Waals surface area contributed by atoms with E-state index < -0.39 is 11.8 Å². The van der Waals surface area contributed by atoms with E-state index in [0.717, 1.165) is 10.5 Å². The summed E-state index contributed by atoms with van der Waals surface area (Å²) >= 11 is 11.9. The first-order chi connectivity index (χ1) is 11.5. The highest BCUT2D eigenvalue weighted by atomic mass is 35.5. The zero-order valence-corrected chi connectivity index (χ0v) is 13.8. The van der Waals surface area contributed by atoms with Crippen molar-refractivity contribution in [2.24, 2.45) is 0 Å². The van der Waals surface area contributed by atoms with Crippen LogP contribution in [0.1, 0.15) is 5.56 Å². The van der Waals surface area contributed by atoms with Gasteiger partial charge in [-0.05, 0) is 23.8 Å². The smallest absolute Gasteiger partial charge is 0.279 e. The van der Waals surface area contributed by atoms with Crippen LogP contribution in [-0.4, -0.2) is 21.8 Å². The lowest BCUT2D eigenvalue weighted by molar-refractivity contribution is -0.138. The number of phenolic OH excluding ortho intramolecular Hbond substituents is 1. The lowest BCUT2D eigenvalue weighted by Crippen LogP contribution is -2.31. The molecule has 0 spiro atoms. The summed E-state index contributed by atoms with van der Waals surface area (Å²) < 4.78 is 0. The van der Waals surface area contributed by atoms with Crippen LogP contribution in [0.15, 0.2) is 59.3 Å². The molecule has 0 radical (unpaired) electrons. The van der Waals surface area contributed by atoms with Crippen molar-refractivity contribution in [3.8, 4) is 5.75 Å². The molecule has 0 fully saturated rings. The first kappa shape index (κ1) is 16.4. The van der Waals surface area contributed by atoms with Gasteiger partial charge >= 0.3 is 0 Å². The fourth-order valence-electron chi connectivity index (χ4n) is 2.31. The van der Waals surface area contributed by atoms with E-state index in [0.29, 0.717) is 5.02 Å². The molecule has 3 rings (SSSR count). The third-order valence-electron chi connectivity index (χ3n) is 3.51. The number of anilines is 1. The molecule has 0 atom stereocenters. The summed E-state index contributed by atoms with van der Waals surface area (Å²) in [5, 5.41) is 12.7. The van der Waals surface area contributed by atoms with Crippen molar-refractivity contribution >= 4 is 40.7 Å². The number of nitrogens with one attached hydrogen (secondary N) is 1. The average molecular weight is 363 g/mol. The normalized spacial score (nSPS) is 14.5. The Kier molecular flexibility index (Phi) is 4.46. The maximum Gasteiger partial charge on any atom is 0.279 e. The van der Waals surface area contributed by atoms with Crippen LogP contribution in [0, 0.1) is 0 Å². The largest absolute Gasteiger partial charge is 0.506 e. The number of benzene rings is 2. The van der Waals surface area contributed by atoms with Gasteiger partial charge in [-0.15, -0.1) is 0 Å². The number of rotatable bonds is 4. The number of aromatic hydroxyl groups is 1. The van der Waals surface area contributed by atoms with Crippen LogP contribution in [-0.2, 0) is 16.1 Å². The molecule has 0 aromatic heterocycles. The molecular formula is C17H12Cl2N2O3. The second-order valence-electron chi connectivity index (χ2n) is 5.16. The number of nitrogens with zero attached hydrogens (tertiary/aromatic N) is 1. The standard InChI is InChI=1S/C17H12Cl2N2O3/c18-11-6-7-13(22)12(8-11)20-15-14(19)16(23)21(17(15)24)9-10-4-2-1-3-5-10/h1-8,20,22H,9H2. The van der Waals surface area contributed by atoms with Crippen molar-refractivity contribution < 1.29 is 14.7 Å². The molecule has 0 bridgehead atoms. The molecule has 2 amide bonds. The van der Waals surface area contributed by atoms with Crippen molar-refractivity contribution in [1.82, 2.24) is 4.90 Å². The minimum absolute atomic E-state index is 0.0878. The predicted octanol–water partition coefficient (Wildman–Crippen LogP) is 3.48. The lowest BCUT2D eigenvalue weighted by atomic mass is 10.2. The average Bonchev–Trinajstić information content (AvgIpc) is 2.77. The summed E-state index contributed by atoms with van der Waals surface area (Å²) in [6.45, 7) is 0.113. The highest BCUT2D eigenvalue weighted by molar-refractivity contribution is 6.48. The highest BCUT2D eigenvalue weighted by Gasteiger charge is 2.38. The van der Waals surface area contributed by atoms with Crippen LogP contribution in [0.5, 0.6) is 5.75 Å². The highest BCUT2D eigenvalue weighted by Crippen LogP contribution is 2.32. The van der Waals surface area contributed by atoms with Crippen molar-refractivity contribution in [3.63, 3.8) is 0 Å². The monoisotopic (exact) mass is 362 g/mol. The van der Waals surface area contributed by atoms with E-state index in [4.69, 9.17) is 23.2 Å². The van der Waals surface area contributed by atoms with Crippen molar-refractivity contribution in [3.05, 3.63) is 69.8 Å².